The minimum absolute atomic E-state index is 0.0966. The third-order valence-corrected chi connectivity index (χ3v) is 4.19. The van der Waals surface area contributed by atoms with Gasteiger partial charge in [-0.3, -0.25) is 4.79 Å². The number of ether oxygens (including phenoxy) is 1. The summed E-state index contributed by atoms with van der Waals surface area (Å²) in [4.78, 5) is 14.0. The van der Waals surface area contributed by atoms with Gasteiger partial charge in [0.15, 0.2) is 0 Å². The van der Waals surface area contributed by atoms with Crippen LogP contribution in [0.1, 0.15) is 25.7 Å². The van der Waals surface area contributed by atoms with Crippen LogP contribution in [-0.2, 0) is 9.53 Å². The van der Waals surface area contributed by atoms with E-state index in [1.807, 2.05) is 0 Å². The van der Waals surface area contributed by atoms with E-state index in [0.717, 1.165) is 18.6 Å². The molecule has 0 bridgehead atoms. The number of carbonyl (C=O) groups is 1. The van der Waals surface area contributed by atoms with E-state index >= 15 is 0 Å². The molecular formula is C12H20N2O2S. The van der Waals surface area contributed by atoms with Gasteiger partial charge in [0.1, 0.15) is 0 Å². The zero-order chi connectivity index (χ0) is 12.5. The summed E-state index contributed by atoms with van der Waals surface area (Å²) in [6.07, 6.45) is 3.72. The molecular weight excluding hydrogens is 236 g/mol. The Morgan fingerprint density at radius 2 is 2.35 bits per heavy atom. The molecule has 1 fully saturated rings. The highest BCUT2D eigenvalue weighted by molar-refractivity contribution is 8.00. The smallest absolute Gasteiger partial charge is 0.235 e. The van der Waals surface area contributed by atoms with Crippen LogP contribution in [0, 0.1) is 11.3 Å². The molecule has 0 radical (unpaired) electrons. The van der Waals surface area contributed by atoms with Crippen LogP contribution >= 0.6 is 11.8 Å². The number of hydrogen-bond acceptors (Lipinski definition) is 4. The van der Waals surface area contributed by atoms with Crippen molar-refractivity contribution in [1.29, 1.82) is 5.26 Å². The van der Waals surface area contributed by atoms with Crippen LogP contribution in [0.3, 0.4) is 0 Å². The average Bonchev–Trinajstić information content (AvgIpc) is 2.39. The summed E-state index contributed by atoms with van der Waals surface area (Å²) < 4.78 is 5.01. The van der Waals surface area contributed by atoms with E-state index in [9.17, 15) is 4.79 Å². The van der Waals surface area contributed by atoms with E-state index in [1.54, 1.807) is 23.8 Å². The lowest BCUT2D eigenvalue weighted by Crippen LogP contribution is -2.41. The Morgan fingerprint density at radius 3 is 2.94 bits per heavy atom. The van der Waals surface area contributed by atoms with Crippen LogP contribution in [0.2, 0.25) is 0 Å². The number of methoxy groups -OCH3 is 1. The summed E-state index contributed by atoms with van der Waals surface area (Å²) in [5.74, 6) is 1.26. The number of hydrogen-bond donors (Lipinski definition) is 0. The van der Waals surface area contributed by atoms with Gasteiger partial charge in [-0.2, -0.15) is 5.26 Å². The molecule has 1 aliphatic heterocycles. The Kier molecular flexibility index (Phi) is 7.06. The largest absolute Gasteiger partial charge is 0.383 e. The van der Waals surface area contributed by atoms with Crippen LogP contribution in [0.25, 0.3) is 0 Å². The van der Waals surface area contributed by atoms with Crippen LogP contribution in [0.5, 0.6) is 0 Å². The first-order valence-corrected chi connectivity index (χ1v) is 7.10. The number of rotatable bonds is 6. The Bertz CT molecular complexity index is 272. The number of nitrogens with zero attached hydrogens (tertiary/aromatic N) is 2. The van der Waals surface area contributed by atoms with Gasteiger partial charge in [0.25, 0.3) is 0 Å². The summed E-state index contributed by atoms with van der Waals surface area (Å²) in [5.41, 5.74) is 0. The highest BCUT2D eigenvalue weighted by atomic mass is 32.2. The molecule has 1 aliphatic rings. The summed E-state index contributed by atoms with van der Waals surface area (Å²) in [7, 11) is 1.63. The van der Waals surface area contributed by atoms with Crippen LogP contribution in [-0.4, -0.2) is 48.6 Å². The third kappa shape index (κ3) is 4.97. The number of carbonyl (C=O) groups excluding carboxylic acids is 1. The van der Waals surface area contributed by atoms with Gasteiger partial charge in [-0.05, 0) is 18.6 Å². The van der Waals surface area contributed by atoms with Crippen molar-refractivity contribution in [3.63, 3.8) is 0 Å². The minimum Gasteiger partial charge on any atom is -0.383 e. The zero-order valence-electron chi connectivity index (χ0n) is 10.4. The molecule has 0 N–H and O–H groups in total. The zero-order valence-corrected chi connectivity index (χ0v) is 11.2. The van der Waals surface area contributed by atoms with Crippen molar-refractivity contribution >= 4 is 17.7 Å². The molecule has 1 unspecified atom stereocenters. The molecule has 1 amide bonds. The monoisotopic (exact) mass is 256 g/mol. The molecule has 5 heteroatoms. The van der Waals surface area contributed by atoms with Crippen molar-refractivity contribution < 1.29 is 9.53 Å². The van der Waals surface area contributed by atoms with Crippen LogP contribution in [0.15, 0.2) is 0 Å². The Labute approximate surface area is 107 Å². The predicted molar refractivity (Wildman–Crippen MR) is 68.8 cm³/mol. The number of amides is 1. The van der Waals surface area contributed by atoms with Crippen LogP contribution in [0.4, 0.5) is 0 Å². The van der Waals surface area contributed by atoms with E-state index in [0.29, 0.717) is 26.1 Å². The molecule has 0 aromatic heterocycles. The fourth-order valence-electron chi connectivity index (χ4n) is 1.86. The second-order valence-electron chi connectivity index (χ2n) is 4.08. The van der Waals surface area contributed by atoms with Crippen molar-refractivity contribution in [2.24, 2.45) is 0 Å². The van der Waals surface area contributed by atoms with E-state index < -0.39 is 0 Å². The van der Waals surface area contributed by atoms with Gasteiger partial charge >= 0.3 is 0 Å². The lowest BCUT2D eigenvalue weighted by atomic mass is 10.1. The minimum atomic E-state index is 0.0966. The number of nitriles is 1. The van der Waals surface area contributed by atoms with Gasteiger partial charge in [-0.15, -0.1) is 11.8 Å². The fourth-order valence-corrected chi connectivity index (χ4v) is 3.14. The third-order valence-electron chi connectivity index (χ3n) is 2.83. The maximum atomic E-state index is 12.3. The lowest BCUT2D eigenvalue weighted by Gasteiger charge is -2.28. The Morgan fingerprint density at radius 1 is 1.53 bits per heavy atom. The molecule has 1 heterocycles. The van der Waals surface area contributed by atoms with E-state index in [4.69, 9.17) is 10.00 Å². The van der Waals surface area contributed by atoms with E-state index in [-0.39, 0.29) is 11.2 Å². The molecule has 4 nitrogen and oxygen atoms in total. The van der Waals surface area contributed by atoms with Crippen molar-refractivity contribution in [2.75, 3.05) is 32.6 Å². The van der Waals surface area contributed by atoms with Crippen LogP contribution < -0.4 is 0 Å². The van der Waals surface area contributed by atoms with Crippen molar-refractivity contribution in [1.82, 2.24) is 4.90 Å². The average molecular weight is 256 g/mol. The highest BCUT2D eigenvalue weighted by Crippen LogP contribution is 2.26. The Balaban J connectivity index is 2.47. The molecule has 0 aliphatic carbocycles. The first kappa shape index (κ1) is 14.3. The lowest BCUT2D eigenvalue weighted by molar-refractivity contribution is -0.131. The normalized spacial score (nSPS) is 19.6. The highest BCUT2D eigenvalue weighted by Gasteiger charge is 2.26. The number of thioether (sulfide) groups is 1. The molecule has 17 heavy (non-hydrogen) atoms. The maximum Gasteiger partial charge on any atom is 0.235 e. The second-order valence-corrected chi connectivity index (χ2v) is 5.39. The van der Waals surface area contributed by atoms with Crippen molar-refractivity contribution in [2.45, 2.75) is 30.9 Å². The quantitative estimate of drug-likeness (QED) is 0.725. The van der Waals surface area contributed by atoms with E-state index in [1.165, 1.54) is 6.42 Å². The first-order valence-electron chi connectivity index (χ1n) is 6.06. The van der Waals surface area contributed by atoms with Gasteiger partial charge in [0.05, 0.1) is 24.3 Å². The molecule has 1 atom stereocenters. The van der Waals surface area contributed by atoms with Gasteiger partial charge in [-0.25, -0.2) is 0 Å². The topological polar surface area (TPSA) is 53.3 Å². The summed E-state index contributed by atoms with van der Waals surface area (Å²) in [6, 6.07) is 2.09. The summed E-state index contributed by atoms with van der Waals surface area (Å²) in [6.45, 7) is 1.65. The maximum absolute atomic E-state index is 12.3. The predicted octanol–water partition coefficient (Wildman–Crippen LogP) is 1.66. The van der Waals surface area contributed by atoms with E-state index in [2.05, 4.69) is 6.07 Å². The Hall–Kier alpha value is -0.730. The molecule has 1 saturated heterocycles. The van der Waals surface area contributed by atoms with Gasteiger partial charge < -0.3 is 9.64 Å². The van der Waals surface area contributed by atoms with Gasteiger partial charge in [0, 0.05) is 20.2 Å². The molecule has 0 saturated carbocycles. The molecule has 0 aromatic rings. The molecule has 0 aromatic carbocycles. The standard InChI is InChI=1S/C12H20N2O2S/c1-16-9-8-14(7-4-6-13)12(15)11-5-2-3-10-17-11/h11H,2-5,7-10H2,1H3. The fraction of sp³-hybridized carbons (Fsp3) is 0.833. The second kappa shape index (κ2) is 8.37. The summed E-state index contributed by atoms with van der Waals surface area (Å²) in [5, 5.41) is 8.70. The molecule has 0 spiro atoms. The molecule has 96 valence electrons. The van der Waals surface area contributed by atoms with Crippen molar-refractivity contribution in [3.8, 4) is 6.07 Å². The SMILES string of the molecule is COCCN(CCC#N)C(=O)C1CCCCS1. The van der Waals surface area contributed by atoms with Crippen molar-refractivity contribution in [3.05, 3.63) is 0 Å². The molecule has 1 rings (SSSR count). The first-order chi connectivity index (χ1) is 8.29. The van der Waals surface area contributed by atoms with Gasteiger partial charge in [0.2, 0.25) is 5.91 Å². The van der Waals surface area contributed by atoms with Gasteiger partial charge in [-0.1, -0.05) is 6.42 Å². The summed E-state index contributed by atoms with van der Waals surface area (Å²) >= 11 is 1.75.